The quantitative estimate of drug-likeness (QED) is 0.440. The second-order valence-corrected chi connectivity index (χ2v) is 8.80. The van der Waals surface area contributed by atoms with Crippen molar-refractivity contribution in [3.63, 3.8) is 0 Å². The van der Waals surface area contributed by atoms with Crippen molar-refractivity contribution in [3.8, 4) is 0 Å². The number of nitrogens with one attached hydrogen (secondary N) is 2. The average Bonchev–Trinajstić information content (AvgIpc) is 3.09. The Balaban J connectivity index is 1.59. The molecule has 1 atom stereocenters. The number of carbonyl (C=O) groups excluding carboxylic acids is 2. The highest BCUT2D eigenvalue weighted by molar-refractivity contribution is 9.10. The molecule has 1 aromatic heterocycles. The van der Waals surface area contributed by atoms with Crippen LogP contribution in [0.15, 0.2) is 52.1 Å². The fraction of sp³-hybridized carbons (Fsp3) is 0.200. The van der Waals surface area contributed by atoms with E-state index in [0.29, 0.717) is 26.0 Å². The van der Waals surface area contributed by atoms with Gasteiger partial charge in [0.05, 0.1) is 28.1 Å². The maximum Gasteiger partial charge on any atom is 0.253 e. The topological polar surface area (TPSA) is 88.9 Å². The molecule has 0 fully saturated rings. The molecule has 31 heavy (non-hydrogen) atoms. The van der Waals surface area contributed by atoms with E-state index in [1.807, 2.05) is 0 Å². The Morgan fingerprint density at radius 3 is 2.71 bits per heavy atom. The van der Waals surface area contributed by atoms with E-state index in [-0.39, 0.29) is 23.3 Å². The highest BCUT2D eigenvalue weighted by Crippen LogP contribution is 2.22. The number of halogens is 3. The Kier molecular flexibility index (Phi) is 7.69. The second kappa shape index (κ2) is 10.3. The molecular weight excluding hydrogens is 509 g/mol. The maximum atomic E-state index is 13.9. The lowest BCUT2D eigenvalue weighted by molar-refractivity contribution is -0.113. The van der Waals surface area contributed by atoms with Gasteiger partial charge >= 0.3 is 0 Å². The number of hydrogen-bond acceptors (Lipinski definition) is 5. The van der Waals surface area contributed by atoms with Crippen molar-refractivity contribution in [2.45, 2.75) is 18.1 Å². The van der Waals surface area contributed by atoms with E-state index < -0.39 is 11.9 Å². The number of benzene rings is 2. The van der Waals surface area contributed by atoms with Crippen LogP contribution in [0.4, 0.5) is 10.1 Å². The summed E-state index contributed by atoms with van der Waals surface area (Å²) in [7, 11) is 1.74. The van der Waals surface area contributed by atoms with Gasteiger partial charge in [-0.25, -0.2) is 4.39 Å². The molecule has 0 unspecified atom stereocenters. The third kappa shape index (κ3) is 5.84. The van der Waals surface area contributed by atoms with E-state index in [0.717, 1.165) is 11.8 Å². The molecule has 1 heterocycles. The molecule has 162 valence electrons. The summed E-state index contributed by atoms with van der Waals surface area (Å²) in [4.78, 5) is 24.6. The number of rotatable bonds is 7. The number of nitrogens with zero attached hydrogens (tertiary/aromatic N) is 3. The first-order valence-corrected chi connectivity index (χ1v) is 11.2. The molecule has 0 bridgehead atoms. The molecule has 0 aliphatic heterocycles. The number of amides is 2. The first kappa shape index (κ1) is 23.2. The summed E-state index contributed by atoms with van der Waals surface area (Å²) in [5.74, 6) is -0.706. The van der Waals surface area contributed by atoms with E-state index in [4.69, 9.17) is 11.6 Å². The lowest BCUT2D eigenvalue weighted by Crippen LogP contribution is -2.28. The zero-order valence-corrected chi connectivity index (χ0v) is 19.7. The van der Waals surface area contributed by atoms with Crippen LogP contribution >= 0.6 is 39.3 Å². The van der Waals surface area contributed by atoms with Crippen LogP contribution in [0.1, 0.15) is 29.1 Å². The number of aromatic nitrogens is 3. The molecule has 3 aromatic rings. The van der Waals surface area contributed by atoms with Gasteiger partial charge in [0.25, 0.3) is 5.91 Å². The number of thioether (sulfide) groups is 1. The molecule has 0 spiro atoms. The van der Waals surface area contributed by atoms with Crippen LogP contribution in [0.5, 0.6) is 0 Å². The molecule has 0 aliphatic rings. The van der Waals surface area contributed by atoms with Gasteiger partial charge in [0.2, 0.25) is 5.91 Å². The van der Waals surface area contributed by atoms with Crippen LogP contribution in [0.25, 0.3) is 0 Å². The van der Waals surface area contributed by atoms with Crippen LogP contribution in [-0.2, 0) is 11.8 Å². The van der Waals surface area contributed by atoms with E-state index >= 15 is 0 Å². The summed E-state index contributed by atoms with van der Waals surface area (Å²) in [5, 5.41) is 14.4. The van der Waals surface area contributed by atoms with Crippen molar-refractivity contribution in [1.29, 1.82) is 0 Å². The molecular formula is C20H18BrClFN5O2S. The van der Waals surface area contributed by atoms with Crippen molar-refractivity contribution in [3.05, 3.63) is 69.2 Å². The van der Waals surface area contributed by atoms with Crippen molar-refractivity contribution in [2.24, 2.45) is 7.05 Å². The average molecular weight is 527 g/mol. The Morgan fingerprint density at radius 1 is 1.26 bits per heavy atom. The van der Waals surface area contributed by atoms with Gasteiger partial charge in [0, 0.05) is 11.5 Å². The zero-order chi connectivity index (χ0) is 22.5. The number of hydrogen-bond donors (Lipinski definition) is 2. The van der Waals surface area contributed by atoms with Gasteiger partial charge in [0.1, 0.15) is 5.82 Å². The summed E-state index contributed by atoms with van der Waals surface area (Å²) in [6, 6.07) is 10.7. The molecule has 11 heteroatoms. The lowest BCUT2D eigenvalue weighted by atomic mass is 10.2. The summed E-state index contributed by atoms with van der Waals surface area (Å²) in [5.41, 5.74) is 0.466. The van der Waals surface area contributed by atoms with Crippen molar-refractivity contribution in [2.75, 3.05) is 11.1 Å². The molecule has 0 aliphatic carbocycles. The van der Waals surface area contributed by atoms with Gasteiger partial charge in [-0.15, -0.1) is 10.2 Å². The molecule has 2 amide bonds. The fourth-order valence-electron chi connectivity index (χ4n) is 2.72. The summed E-state index contributed by atoms with van der Waals surface area (Å²) < 4.78 is 16.1. The molecule has 7 nitrogen and oxygen atoms in total. The van der Waals surface area contributed by atoms with Gasteiger partial charge in [-0.2, -0.15) is 0 Å². The van der Waals surface area contributed by atoms with Gasteiger partial charge in [-0.1, -0.05) is 51.4 Å². The normalized spacial score (nSPS) is 11.8. The van der Waals surface area contributed by atoms with Gasteiger partial charge in [-0.3, -0.25) is 9.59 Å². The predicted octanol–water partition coefficient (Wildman–Crippen LogP) is 4.59. The third-order valence-corrected chi connectivity index (χ3v) is 6.10. The largest absolute Gasteiger partial charge is 0.342 e. The Morgan fingerprint density at radius 2 is 2.00 bits per heavy atom. The van der Waals surface area contributed by atoms with Crippen LogP contribution in [-0.4, -0.2) is 32.3 Å². The third-order valence-electron chi connectivity index (χ3n) is 4.26. The number of carbonyl (C=O) groups is 2. The molecule has 0 saturated heterocycles. The summed E-state index contributed by atoms with van der Waals surface area (Å²) in [6.45, 7) is 1.77. The summed E-state index contributed by atoms with van der Waals surface area (Å²) >= 11 is 10.4. The minimum atomic E-state index is -0.531. The van der Waals surface area contributed by atoms with Crippen LogP contribution in [0, 0.1) is 5.82 Å². The second-order valence-electron chi connectivity index (χ2n) is 6.54. The smallest absolute Gasteiger partial charge is 0.253 e. The van der Waals surface area contributed by atoms with E-state index in [1.54, 1.807) is 48.9 Å². The van der Waals surface area contributed by atoms with Crippen molar-refractivity contribution >= 4 is 56.8 Å². The molecule has 3 rings (SSSR count). The molecule has 2 aromatic carbocycles. The molecule has 0 saturated carbocycles. The minimum absolute atomic E-state index is 0.0157. The maximum absolute atomic E-state index is 13.9. The standard InChI is InChI=1S/C20H18BrClFN5O2S/c1-11(24-19(30)13-5-3-4-6-14(13)22)18-26-27-20(28(18)2)31-10-17(29)25-16-8-7-12(21)9-15(16)23/h3-9,11H,10H2,1-2H3,(H,24,30)(H,25,29)/t11-/m0/s1. The Hall–Kier alpha value is -2.43. The first-order chi connectivity index (χ1) is 14.8. The van der Waals surface area contributed by atoms with Gasteiger partial charge < -0.3 is 15.2 Å². The van der Waals surface area contributed by atoms with Crippen LogP contribution < -0.4 is 10.6 Å². The molecule has 2 N–H and O–H groups in total. The van der Waals surface area contributed by atoms with Crippen LogP contribution in [0.3, 0.4) is 0 Å². The highest BCUT2D eigenvalue weighted by atomic mass is 79.9. The SMILES string of the molecule is C[C@H](NC(=O)c1ccccc1Cl)c1nnc(SCC(=O)Nc2ccc(Br)cc2F)n1C. The Labute approximate surface area is 195 Å². The monoisotopic (exact) mass is 525 g/mol. The number of anilines is 1. The summed E-state index contributed by atoms with van der Waals surface area (Å²) in [6.07, 6.45) is 0. The van der Waals surface area contributed by atoms with E-state index in [2.05, 4.69) is 36.8 Å². The Bertz CT molecular complexity index is 1130. The fourth-order valence-corrected chi connectivity index (χ4v) is 3.99. The van der Waals surface area contributed by atoms with Crippen molar-refractivity contribution < 1.29 is 14.0 Å². The minimum Gasteiger partial charge on any atom is -0.342 e. The van der Waals surface area contributed by atoms with Gasteiger partial charge in [0.15, 0.2) is 11.0 Å². The lowest BCUT2D eigenvalue weighted by Gasteiger charge is -2.14. The zero-order valence-electron chi connectivity index (χ0n) is 16.5. The first-order valence-electron chi connectivity index (χ1n) is 9.08. The highest BCUT2D eigenvalue weighted by Gasteiger charge is 2.20. The van der Waals surface area contributed by atoms with Gasteiger partial charge in [-0.05, 0) is 37.3 Å². The van der Waals surface area contributed by atoms with E-state index in [9.17, 15) is 14.0 Å². The van der Waals surface area contributed by atoms with Crippen LogP contribution in [0.2, 0.25) is 5.02 Å². The van der Waals surface area contributed by atoms with E-state index in [1.165, 1.54) is 12.1 Å². The predicted molar refractivity (Wildman–Crippen MR) is 122 cm³/mol. The molecule has 0 radical (unpaired) electrons. The van der Waals surface area contributed by atoms with Crippen molar-refractivity contribution in [1.82, 2.24) is 20.1 Å².